The number of hydrogen-bond acceptors (Lipinski definition) is 2. The van der Waals surface area contributed by atoms with E-state index >= 15 is 0 Å². The van der Waals surface area contributed by atoms with E-state index in [-0.39, 0.29) is 0 Å². The molecule has 3 heteroatoms. The Bertz CT molecular complexity index is 3910. The lowest BCUT2D eigenvalue weighted by Gasteiger charge is -2.12. The number of benzene rings is 10. The maximum atomic E-state index is 5.10. The van der Waals surface area contributed by atoms with Crippen LogP contribution in [0, 0.1) is 0 Å². The summed E-state index contributed by atoms with van der Waals surface area (Å²) in [6.07, 6.45) is 0. The molecule has 3 nitrogen and oxygen atoms in total. The molecule has 13 rings (SSSR count). The summed E-state index contributed by atoms with van der Waals surface area (Å²) in [7, 11) is 0. The van der Waals surface area contributed by atoms with Gasteiger partial charge in [0.1, 0.15) is 0 Å². The monoisotopic (exact) mass is 851 g/mol. The predicted octanol–water partition coefficient (Wildman–Crippen LogP) is 17.0. The highest BCUT2D eigenvalue weighted by molar-refractivity contribution is 6.27. The molecule has 312 valence electrons. The molecular formula is C64H41N3. The smallest absolute Gasteiger partial charge is 0.160 e. The van der Waals surface area contributed by atoms with E-state index in [1.165, 1.54) is 82.6 Å². The van der Waals surface area contributed by atoms with Crippen LogP contribution in [-0.2, 0) is 0 Å². The van der Waals surface area contributed by atoms with Crippen LogP contribution in [-0.4, -0.2) is 14.4 Å². The van der Waals surface area contributed by atoms with Gasteiger partial charge in [0.25, 0.3) is 0 Å². The van der Waals surface area contributed by atoms with Crippen LogP contribution in [0.2, 0.25) is 0 Å². The van der Waals surface area contributed by atoms with Crippen LogP contribution in [0.25, 0.3) is 128 Å². The summed E-state index contributed by atoms with van der Waals surface area (Å²) in [6, 6.07) is 89.4. The molecule has 0 spiro atoms. The standard InChI is InChI=1S/C64H41N3/c1-4-16-42(17-5-1)54-34-35-56-55-33-32-52(40-61(55)67-60-31-11-10-30-57(60)62(54)63(56)67)50-27-14-25-48(38-50)46-23-12-22-45(36-46)47-24-13-26-49(37-47)51-28-15-29-53(39-51)59-41-58(43-18-6-2-7-19-43)65-64(66-59)44-20-8-3-9-21-44/h1-41H. The number of hydrogen-bond donors (Lipinski definition) is 0. The van der Waals surface area contributed by atoms with Crippen molar-refractivity contribution in [1.82, 2.24) is 14.4 Å². The van der Waals surface area contributed by atoms with Crippen LogP contribution in [0.1, 0.15) is 0 Å². The Balaban J connectivity index is 0.838. The first-order chi connectivity index (χ1) is 33.2. The summed E-state index contributed by atoms with van der Waals surface area (Å²) in [4.78, 5) is 10.1. The zero-order chi connectivity index (χ0) is 44.3. The van der Waals surface area contributed by atoms with Gasteiger partial charge in [0.15, 0.2) is 5.82 Å². The van der Waals surface area contributed by atoms with Crippen LogP contribution in [0.3, 0.4) is 0 Å². The first-order valence-electron chi connectivity index (χ1n) is 22.9. The van der Waals surface area contributed by atoms with Gasteiger partial charge in [0.2, 0.25) is 0 Å². The highest BCUT2D eigenvalue weighted by Gasteiger charge is 2.21. The Kier molecular flexibility index (Phi) is 9.17. The van der Waals surface area contributed by atoms with Gasteiger partial charge < -0.3 is 4.40 Å². The van der Waals surface area contributed by atoms with Gasteiger partial charge in [-0.05, 0) is 98.1 Å². The Morgan fingerprint density at radius 3 is 1.27 bits per heavy atom. The van der Waals surface area contributed by atoms with Crippen molar-refractivity contribution in [2.45, 2.75) is 0 Å². The van der Waals surface area contributed by atoms with Gasteiger partial charge in [-0.3, -0.25) is 0 Å². The Morgan fingerprint density at radius 1 is 0.254 bits per heavy atom. The normalized spacial score (nSPS) is 11.6. The van der Waals surface area contributed by atoms with E-state index < -0.39 is 0 Å². The molecular weight excluding hydrogens is 811 g/mol. The zero-order valence-electron chi connectivity index (χ0n) is 36.5. The van der Waals surface area contributed by atoms with Gasteiger partial charge in [-0.25, -0.2) is 9.97 Å². The van der Waals surface area contributed by atoms with Crippen molar-refractivity contribution >= 4 is 38.1 Å². The van der Waals surface area contributed by atoms with Gasteiger partial charge in [0.05, 0.1) is 27.9 Å². The first kappa shape index (κ1) is 38.5. The molecule has 0 atom stereocenters. The number of fused-ring (bicyclic) bond motifs is 6. The van der Waals surface area contributed by atoms with Crippen molar-refractivity contribution in [3.8, 4) is 89.5 Å². The second-order valence-electron chi connectivity index (χ2n) is 17.4. The van der Waals surface area contributed by atoms with Crippen LogP contribution < -0.4 is 0 Å². The molecule has 0 aliphatic carbocycles. The van der Waals surface area contributed by atoms with Crippen LogP contribution in [0.5, 0.6) is 0 Å². The summed E-state index contributed by atoms with van der Waals surface area (Å²) < 4.78 is 2.49. The minimum atomic E-state index is 0.710. The van der Waals surface area contributed by atoms with Crippen molar-refractivity contribution in [3.05, 3.63) is 249 Å². The molecule has 0 saturated carbocycles. The van der Waals surface area contributed by atoms with E-state index in [0.717, 1.165) is 39.2 Å². The molecule has 0 aliphatic heterocycles. The van der Waals surface area contributed by atoms with Gasteiger partial charge in [-0.15, -0.1) is 0 Å². The van der Waals surface area contributed by atoms with Gasteiger partial charge in [-0.1, -0.05) is 206 Å². The average Bonchev–Trinajstić information content (AvgIpc) is 3.94. The number of para-hydroxylation sites is 1. The van der Waals surface area contributed by atoms with E-state index in [4.69, 9.17) is 9.97 Å². The molecule has 0 saturated heterocycles. The number of aromatic nitrogens is 3. The Hall–Kier alpha value is -8.92. The molecule has 0 aliphatic rings. The lowest BCUT2D eigenvalue weighted by atomic mass is 9.94. The molecule has 0 amide bonds. The molecule has 10 aromatic carbocycles. The highest BCUT2D eigenvalue weighted by atomic mass is 14.9. The lowest BCUT2D eigenvalue weighted by Crippen LogP contribution is -1.96. The van der Waals surface area contributed by atoms with Crippen molar-refractivity contribution in [3.63, 3.8) is 0 Å². The predicted molar refractivity (Wildman–Crippen MR) is 280 cm³/mol. The highest BCUT2D eigenvalue weighted by Crippen LogP contribution is 2.44. The number of nitrogens with zero attached hydrogens (tertiary/aromatic N) is 3. The van der Waals surface area contributed by atoms with E-state index in [2.05, 4.69) is 229 Å². The molecule has 0 unspecified atom stereocenters. The van der Waals surface area contributed by atoms with Crippen LogP contribution in [0.4, 0.5) is 0 Å². The second-order valence-corrected chi connectivity index (χ2v) is 17.4. The lowest BCUT2D eigenvalue weighted by molar-refractivity contribution is 1.18. The topological polar surface area (TPSA) is 30.2 Å². The molecule has 3 aromatic heterocycles. The molecule has 0 N–H and O–H groups in total. The van der Waals surface area contributed by atoms with Crippen molar-refractivity contribution in [1.29, 1.82) is 0 Å². The molecule has 0 radical (unpaired) electrons. The molecule has 3 heterocycles. The summed E-state index contributed by atoms with van der Waals surface area (Å²) in [5.74, 6) is 0.710. The van der Waals surface area contributed by atoms with Gasteiger partial charge in [-0.2, -0.15) is 0 Å². The summed E-state index contributed by atoms with van der Waals surface area (Å²) >= 11 is 0. The first-order valence-corrected chi connectivity index (χ1v) is 22.9. The van der Waals surface area contributed by atoms with Crippen LogP contribution in [0.15, 0.2) is 249 Å². The molecule has 13 aromatic rings. The van der Waals surface area contributed by atoms with E-state index in [9.17, 15) is 0 Å². The largest absolute Gasteiger partial charge is 0.308 e. The minimum absolute atomic E-state index is 0.710. The molecule has 67 heavy (non-hydrogen) atoms. The van der Waals surface area contributed by atoms with Crippen LogP contribution >= 0.6 is 0 Å². The Morgan fingerprint density at radius 2 is 0.687 bits per heavy atom. The summed E-state index contributed by atoms with van der Waals surface area (Å²) in [5, 5.41) is 5.16. The van der Waals surface area contributed by atoms with Gasteiger partial charge >= 0.3 is 0 Å². The fraction of sp³-hybridized carbons (Fsp3) is 0. The van der Waals surface area contributed by atoms with Gasteiger partial charge in [0, 0.05) is 38.2 Å². The van der Waals surface area contributed by atoms with E-state index in [1.807, 2.05) is 24.3 Å². The SMILES string of the molecule is c1ccc(-c2cc(-c3cccc(-c4cccc(-c5cccc(-c6cccc(-c7ccc8c9ccc(-c%10ccccc%10)c%10c%11ccccc%11n(c8c7)c9%10)c6)c5)c4)c3)nc(-c3ccccc3)n2)cc1. The fourth-order valence-corrected chi connectivity index (χ4v) is 10.1. The van der Waals surface area contributed by atoms with E-state index in [1.54, 1.807) is 0 Å². The number of rotatable bonds is 8. The minimum Gasteiger partial charge on any atom is -0.308 e. The zero-order valence-corrected chi connectivity index (χ0v) is 36.5. The third-order valence-electron chi connectivity index (χ3n) is 13.3. The third-order valence-corrected chi connectivity index (χ3v) is 13.3. The van der Waals surface area contributed by atoms with Crippen molar-refractivity contribution in [2.75, 3.05) is 0 Å². The quantitative estimate of drug-likeness (QED) is 0.152. The third kappa shape index (κ3) is 6.76. The van der Waals surface area contributed by atoms with Crippen molar-refractivity contribution in [2.24, 2.45) is 0 Å². The second kappa shape index (κ2) is 16.0. The summed E-state index contributed by atoms with van der Waals surface area (Å²) in [6.45, 7) is 0. The molecule has 0 fully saturated rings. The molecule has 0 bridgehead atoms. The maximum Gasteiger partial charge on any atom is 0.160 e. The fourth-order valence-electron chi connectivity index (χ4n) is 10.1. The Labute approximate surface area is 388 Å². The maximum absolute atomic E-state index is 5.10. The van der Waals surface area contributed by atoms with E-state index in [0.29, 0.717) is 5.82 Å². The van der Waals surface area contributed by atoms with Crippen molar-refractivity contribution < 1.29 is 0 Å². The summed E-state index contributed by atoms with van der Waals surface area (Å²) in [5.41, 5.74) is 20.5. The average molecular weight is 852 g/mol.